The predicted molar refractivity (Wildman–Crippen MR) is 87.7 cm³/mol. The number of nitrogens with zero attached hydrogens (tertiary/aromatic N) is 1. The van der Waals surface area contributed by atoms with E-state index < -0.39 is 0 Å². The first-order valence-corrected chi connectivity index (χ1v) is 8.76. The Balaban J connectivity index is 2.95. The van der Waals surface area contributed by atoms with Crippen LogP contribution in [0.15, 0.2) is 0 Å². The van der Waals surface area contributed by atoms with Crippen molar-refractivity contribution in [3.8, 4) is 0 Å². The molecular weight excluding hydrogens is 230 g/mol. The van der Waals surface area contributed by atoms with Crippen molar-refractivity contribution in [3.05, 3.63) is 0 Å². The second-order valence-corrected chi connectivity index (χ2v) is 6.86. The molecule has 0 N–H and O–H groups in total. The van der Waals surface area contributed by atoms with Crippen LogP contribution in [0.25, 0.3) is 0 Å². The molecule has 0 rings (SSSR count). The van der Waals surface area contributed by atoms with Gasteiger partial charge in [-0.25, -0.2) is 5.32 Å². The van der Waals surface area contributed by atoms with Crippen molar-refractivity contribution < 1.29 is 0 Å². The summed E-state index contributed by atoms with van der Waals surface area (Å²) in [5.41, 5.74) is 0. The lowest BCUT2D eigenvalue weighted by Crippen LogP contribution is -2.08. The Morgan fingerprint density at radius 3 is 1.26 bits per heavy atom. The fourth-order valence-corrected chi connectivity index (χ4v) is 2.37. The molecule has 1 radical (unpaired) electrons. The van der Waals surface area contributed by atoms with Gasteiger partial charge in [0.05, 0.1) is 0 Å². The molecule has 0 saturated carbocycles. The summed E-state index contributed by atoms with van der Waals surface area (Å²) >= 11 is 0. The summed E-state index contributed by atoms with van der Waals surface area (Å²) in [5.74, 6) is 1.75. The van der Waals surface area contributed by atoms with E-state index in [9.17, 15) is 0 Å². The van der Waals surface area contributed by atoms with Gasteiger partial charge in [-0.15, -0.1) is 0 Å². The molecule has 0 atom stereocenters. The molecule has 115 valence electrons. The monoisotopic (exact) mass is 268 g/mol. The third-order valence-corrected chi connectivity index (χ3v) is 3.70. The summed E-state index contributed by atoms with van der Waals surface area (Å²) in [4.78, 5) is 0. The topological polar surface area (TPSA) is 14.1 Å². The molecule has 0 saturated heterocycles. The molecule has 0 unspecified atom stereocenters. The van der Waals surface area contributed by atoms with Gasteiger partial charge in [-0.1, -0.05) is 79.1 Å². The van der Waals surface area contributed by atoms with Gasteiger partial charge < -0.3 is 0 Å². The number of unbranched alkanes of at least 4 members (excludes halogenated alkanes) is 6. The van der Waals surface area contributed by atoms with E-state index in [0.29, 0.717) is 0 Å². The molecule has 0 spiro atoms. The van der Waals surface area contributed by atoms with Crippen molar-refractivity contribution >= 4 is 0 Å². The first-order valence-electron chi connectivity index (χ1n) is 8.76. The summed E-state index contributed by atoms with van der Waals surface area (Å²) in [6, 6.07) is 0. The van der Waals surface area contributed by atoms with Gasteiger partial charge in [-0.2, -0.15) is 0 Å². The Hall–Kier alpha value is -0.0400. The first kappa shape index (κ1) is 19.0. The Morgan fingerprint density at radius 2 is 0.895 bits per heavy atom. The number of hydrogen-bond donors (Lipinski definition) is 0. The Morgan fingerprint density at radius 1 is 0.526 bits per heavy atom. The molecule has 0 aromatic carbocycles. The van der Waals surface area contributed by atoms with Gasteiger partial charge in [0.1, 0.15) is 0 Å². The van der Waals surface area contributed by atoms with E-state index in [0.717, 1.165) is 24.9 Å². The lowest BCUT2D eigenvalue weighted by atomic mass is 10.0. The number of rotatable bonds is 14. The van der Waals surface area contributed by atoms with Crippen LogP contribution in [0.2, 0.25) is 0 Å². The molecule has 0 aliphatic rings. The van der Waals surface area contributed by atoms with Crippen LogP contribution < -0.4 is 5.32 Å². The molecule has 0 fully saturated rings. The molecule has 0 aromatic rings. The van der Waals surface area contributed by atoms with Gasteiger partial charge in [-0.3, -0.25) is 0 Å². The molecule has 19 heavy (non-hydrogen) atoms. The first-order chi connectivity index (χ1) is 9.13. The van der Waals surface area contributed by atoms with Crippen LogP contribution in [0.1, 0.15) is 91.9 Å². The van der Waals surface area contributed by atoms with Gasteiger partial charge in [-0.05, 0) is 24.7 Å². The average molecular weight is 269 g/mol. The van der Waals surface area contributed by atoms with Gasteiger partial charge in [0.25, 0.3) is 0 Å². The van der Waals surface area contributed by atoms with E-state index >= 15 is 0 Å². The maximum atomic E-state index is 4.64. The molecule has 0 aromatic heterocycles. The highest BCUT2D eigenvalue weighted by Crippen LogP contribution is 2.10. The second kappa shape index (κ2) is 14.4. The normalized spacial score (nSPS) is 11.7. The van der Waals surface area contributed by atoms with Crippen molar-refractivity contribution in [1.82, 2.24) is 5.32 Å². The van der Waals surface area contributed by atoms with Gasteiger partial charge in [0.2, 0.25) is 0 Å². The highest BCUT2D eigenvalue weighted by Gasteiger charge is 1.96. The summed E-state index contributed by atoms with van der Waals surface area (Å²) < 4.78 is 0. The smallest absolute Gasteiger partial charge is 0.0133 e. The Bertz CT molecular complexity index is 145. The van der Waals surface area contributed by atoms with Crippen molar-refractivity contribution in [1.29, 1.82) is 0 Å². The minimum Gasteiger partial charge on any atom is -0.242 e. The number of hydrogen-bond acceptors (Lipinski definition) is 0. The summed E-state index contributed by atoms with van der Waals surface area (Å²) in [6.07, 6.45) is 13.8. The zero-order valence-corrected chi connectivity index (χ0v) is 14.1. The minimum absolute atomic E-state index is 0.875. The summed E-state index contributed by atoms with van der Waals surface area (Å²) in [5, 5.41) is 4.64. The van der Waals surface area contributed by atoms with E-state index in [1.54, 1.807) is 0 Å². The lowest BCUT2D eigenvalue weighted by Gasteiger charge is -2.05. The van der Waals surface area contributed by atoms with Crippen LogP contribution in [0.5, 0.6) is 0 Å². The van der Waals surface area contributed by atoms with Crippen LogP contribution in [0.3, 0.4) is 0 Å². The average Bonchev–Trinajstić information content (AvgIpc) is 2.34. The van der Waals surface area contributed by atoms with E-state index in [4.69, 9.17) is 0 Å². The minimum atomic E-state index is 0.875. The molecule has 0 aliphatic heterocycles. The molecule has 0 heterocycles. The van der Waals surface area contributed by atoms with E-state index in [1.165, 1.54) is 64.2 Å². The molecule has 1 heteroatoms. The maximum Gasteiger partial charge on any atom is 0.0133 e. The van der Waals surface area contributed by atoms with E-state index in [-0.39, 0.29) is 0 Å². The van der Waals surface area contributed by atoms with E-state index in [1.807, 2.05) is 0 Å². The lowest BCUT2D eigenvalue weighted by molar-refractivity contribution is 0.497. The van der Waals surface area contributed by atoms with Crippen LogP contribution in [0, 0.1) is 11.8 Å². The van der Waals surface area contributed by atoms with Crippen LogP contribution in [0.4, 0.5) is 0 Å². The molecular formula is C18H38N. The molecule has 1 nitrogen and oxygen atoms in total. The summed E-state index contributed by atoms with van der Waals surface area (Å²) in [6.45, 7) is 11.5. The zero-order valence-electron chi connectivity index (χ0n) is 14.1. The third kappa shape index (κ3) is 18.0. The largest absolute Gasteiger partial charge is 0.242 e. The van der Waals surface area contributed by atoms with Crippen LogP contribution in [-0.4, -0.2) is 13.1 Å². The Labute approximate surface area is 122 Å². The second-order valence-electron chi connectivity index (χ2n) is 6.86. The van der Waals surface area contributed by atoms with Crippen molar-refractivity contribution in [3.63, 3.8) is 0 Å². The zero-order chi connectivity index (χ0) is 14.3. The molecule has 0 aliphatic carbocycles. The maximum absolute atomic E-state index is 4.64. The Kier molecular flexibility index (Phi) is 14.3. The van der Waals surface area contributed by atoms with E-state index in [2.05, 4.69) is 33.0 Å². The van der Waals surface area contributed by atoms with Gasteiger partial charge in [0, 0.05) is 13.1 Å². The highest BCUT2D eigenvalue weighted by atomic mass is 14.8. The van der Waals surface area contributed by atoms with Crippen LogP contribution >= 0.6 is 0 Å². The quantitative estimate of drug-likeness (QED) is 0.353. The van der Waals surface area contributed by atoms with Crippen molar-refractivity contribution in [2.24, 2.45) is 11.8 Å². The molecule has 0 amide bonds. The van der Waals surface area contributed by atoms with Crippen molar-refractivity contribution in [2.75, 3.05) is 13.1 Å². The van der Waals surface area contributed by atoms with Crippen LogP contribution in [-0.2, 0) is 0 Å². The molecule has 0 bridgehead atoms. The summed E-state index contributed by atoms with van der Waals surface area (Å²) in [7, 11) is 0. The third-order valence-electron chi connectivity index (χ3n) is 3.70. The standard InChI is InChI=1S/C18H38N/c1-17(2)13-9-5-7-11-15-19-16-12-8-6-10-14-18(3)4/h17-18H,5-16H2,1-4H3. The van der Waals surface area contributed by atoms with Crippen molar-refractivity contribution in [2.45, 2.75) is 91.9 Å². The fourth-order valence-electron chi connectivity index (χ4n) is 2.37. The SMILES string of the molecule is CC(C)CCCCCC[N]CCCCCCC(C)C. The van der Waals surface area contributed by atoms with Gasteiger partial charge in [0.15, 0.2) is 0 Å². The fraction of sp³-hybridized carbons (Fsp3) is 1.00. The highest BCUT2D eigenvalue weighted by molar-refractivity contribution is 4.53. The predicted octanol–water partition coefficient (Wildman–Crippen LogP) is 5.80. The van der Waals surface area contributed by atoms with Gasteiger partial charge >= 0.3 is 0 Å².